The number of amides is 2. The summed E-state index contributed by atoms with van der Waals surface area (Å²) in [5, 5.41) is 11.6. The molecule has 96 valence electrons. The number of aliphatic carboxylic acids is 1. The largest absolute Gasteiger partial charge is 0.480 e. The van der Waals surface area contributed by atoms with E-state index in [4.69, 9.17) is 5.11 Å². The van der Waals surface area contributed by atoms with Crippen molar-refractivity contribution in [3.8, 4) is 0 Å². The fourth-order valence-electron chi connectivity index (χ4n) is 2.00. The molecule has 2 atom stereocenters. The van der Waals surface area contributed by atoms with Crippen LogP contribution in [0.4, 0.5) is 0 Å². The number of piperidine rings is 1. The van der Waals surface area contributed by atoms with Gasteiger partial charge in [-0.15, -0.1) is 0 Å². The first kappa shape index (κ1) is 13.5. The number of carbonyl (C=O) groups is 3. The Kier molecular flexibility index (Phi) is 4.48. The summed E-state index contributed by atoms with van der Waals surface area (Å²) in [6.07, 6.45) is 1.19. The molecule has 1 fully saturated rings. The molecule has 0 aromatic heterocycles. The first-order chi connectivity index (χ1) is 7.97. The van der Waals surface area contributed by atoms with E-state index >= 15 is 0 Å². The van der Waals surface area contributed by atoms with Crippen LogP contribution in [0.2, 0.25) is 0 Å². The number of carboxylic acid groups (broad SMARTS) is 1. The number of hydrogen-bond donors (Lipinski definition) is 2. The summed E-state index contributed by atoms with van der Waals surface area (Å²) >= 11 is 0. The van der Waals surface area contributed by atoms with Crippen molar-refractivity contribution in [2.24, 2.45) is 5.92 Å². The minimum Gasteiger partial charge on any atom is -0.480 e. The third-order valence-corrected chi connectivity index (χ3v) is 3.10. The Morgan fingerprint density at radius 1 is 1.59 bits per heavy atom. The van der Waals surface area contributed by atoms with E-state index in [2.05, 4.69) is 5.32 Å². The van der Waals surface area contributed by atoms with E-state index in [0.717, 1.165) is 0 Å². The molecule has 0 bridgehead atoms. The Morgan fingerprint density at radius 2 is 2.24 bits per heavy atom. The molecule has 17 heavy (non-hydrogen) atoms. The Hall–Kier alpha value is -1.59. The summed E-state index contributed by atoms with van der Waals surface area (Å²) in [4.78, 5) is 35.2. The first-order valence-electron chi connectivity index (χ1n) is 5.73. The predicted octanol–water partition coefficient (Wildman–Crippen LogP) is -0.166. The van der Waals surface area contributed by atoms with Crippen LogP contribution in [0.25, 0.3) is 0 Å². The van der Waals surface area contributed by atoms with Gasteiger partial charge in [-0.05, 0) is 12.8 Å². The van der Waals surface area contributed by atoms with Gasteiger partial charge >= 0.3 is 5.97 Å². The third-order valence-electron chi connectivity index (χ3n) is 3.10. The molecule has 0 radical (unpaired) electrons. The van der Waals surface area contributed by atoms with Gasteiger partial charge in [-0.1, -0.05) is 6.92 Å². The lowest BCUT2D eigenvalue weighted by Crippen LogP contribution is -2.49. The summed E-state index contributed by atoms with van der Waals surface area (Å²) in [5.74, 6) is -1.56. The van der Waals surface area contributed by atoms with Gasteiger partial charge in [0, 0.05) is 20.0 Å². The zero-order chi connectivity index (χ0) is 13.0. The first-order valence-corrected chi connectivity index (χ1v) is 5.73. The number of rotatable bonds is 4. The van der Waals surface area contributed by atoms with Crippen LogP contribution in [0, 0.1) is 5.92 Å². The monoisotopic (exact) mass is 242 g/mol. The van der Waals surface area contributed by atoms with Gasteiger partial charge in [0.05, 0.1) is 5.92 Å². The van der Waals surface area contributed by atoms with Gasteiger partial charge in [-0.3, -0.25) is 9.59 Å². The van der Waals surface area contributed by atoms with Gasteiger partial charge < -0.3 is 15.3 Å². The number of nitrogens with zero attached hydrogens (tertiary/aromatic N) is 1. The maximum atomic E-state index is 12.0. The quantitative estimate of drug-likeness (QED) is 0.717. The Bertz CT molecular complexity index is 319. The van der Waals surface area contributed by atoms with E-state index in [0.29, 0.717) is 25.8 Å². The fraction of sp³-hybridized carbons (Fsp3) is 0.727. The summed E-state index contributed by atoms with van der Waals surface area (Å²) in [5.41, 5.74) is 0. The lowest BCUT2D eigenvalue weighted by atomic mass is 9.97. The number of likely N-dealkylation sites (N-methyl/N-ethyl adjacent to an activating group) is 1. The van der Waals surface area contributed by atoms with Crippen molar-refractivity contribution in [1.29, 1.82) is 0 Å². The van der Waals surface area contributed by atoms with E-state index in [-0.39, 0.29) is 17.7 Å². The van der Waals surface area contributed by atoms with Crippen molar-refractivity contribution >= 4 is 17.8 Å². The molecule has 1 aliphatic heterocycles. The van der Waals surface area contributed by atoms with Crippen molar-refractivity contribution in [3.63, 3.8) is 0 Å². The number of hydrogen-bond acceptors (Lipinski definition) is 3. The lowest BCUT2D eigenvalue weighted by Gasteiger charge is -2.30. The number of carboxylic acids is 1. The number of carbonyl (C=O) groups excluding carboxylic acids is 2. The molecule has 2 unspecified atom stereocenters. The molecule has 6 heteroatoms. The molecule has 0 aliphatic carbocycles. The second-order valence-corrected chi connectivity index (χ2v) is 4.25. The van der Waals surface area contributed by atoms with Crippen molar-refractivity contribution in [2.45, 2.75) is 32.2 Å². The predicted molar refractivity (Wildman–Crippen MR) is 60.2 cm³/mol. The molecule has 0 aromatic carbocycles. The van der Waals surface area contributed by atoms with Crippen LogP contribution in [0.5, 0.6) is 0 Å². The lowest BCUT2D eigenvalue weighted by molar-refractivity contribution is -0.151. The van der Waals surface area contributed by atoms with Gasteiger partial charge in [0.25, 0.3) is 0 Å². The summed E-state index contributed by atoms with van der Waals surface area (Å²) < 4.78 is 0. The highest BCUT2D eigenvalue weighted by Gasteiger charge is 2.31. The minimum atomic E-state index is -0.997. The SMILES string of the molecule is CCC(C(=O)O)N(C)C(=O)C1CCC(=O)NC1. The average molecular weight is 242 g/mol. The van der Waals surface area contributed by atoms with Gasteiger partial charge in [0.2, 0.25) is 11.8 Å². The van der Waals surface area contributed by atoms with Gasteiger partial charge in [0.15, 0.2) is 0 Å². The molecule has 6 nitrogen and oxygen atoms in total. The highest BCUT2D eigenvalue weighted by atomic mass is 16.4. The van der Waals surface area contributed by atoms with Crippen LogP contribution in [0.3, 0.4) is 0 Å². The molecule has 1 rings (SSSR count). The van der Waals surface area contributed by atoms with Crippen molar-refractivity contribution in [2.75, 3.05) is 13.6 Å². The van der Waals surface area contributed by atoms with E-state index in [1.165, 1.54) is 11.9 Å². The summed E-state index contributed by atoms with van der Waals surface area (Å²) in [7, 11) is 1.50. The average Bonchev–Trinajstić information content (AvgIpc) is 2.29. The normalized spacial score (nSPS) is 21.5. The van der Waals surface area contributed by atoms with E-state index in [1.54, 1.807) is 6.92 Å². The van der Waals surface area contributed by atoms with Crippen molar-refractivity contribution in [3.05, 3.63) is 0 Å². The molecule has 1 aliphatic rings. The van der Waals surface area contributed by atoms with E-state index in [1.807, 2.05) is 0 Å². The zero-order valence-corrected chi connectivity index (χ0v) is 10.1. The third kappa shape index (κ3) is 3.18. The molecular weight excluding hydrogens is 224 g/mol. The number of nitrogens with one attached hydrogen (secondary N) is 1. The van der Waals surface area contributed by atoms with Gasteiger partial charge in [-0.25, -0.2) is 4.79 Å². The molecule has 0 saturated carbocycles. The Labute approximate surface area is 100.0 Å². The van der Waals surface area contributed by atoms with Crippen LogP contribution in [-0.2, 0) is 14.4 Å². The maximum absolute atomic E-state index is 12.0. The van der Waals surface area contributed by atoms with Crippen molar-refractivity contribution < 1.29 is 19.5 Å². The summed E-state index contributed by atoms with van der Waals surface area (Å²) in [6.45, 7) is 2.03. The fourth-order valence-corrected chi connectivity index (χ4v) is 2.00. The molecule has 0 spiro atoms. The summed E-state index contributed by atoms with van der Waals surface area (Å²) in [6, 6.07) is -0.792. The Balaban J connectivity index is 2.62. The van der Waals surface area contributed by atoms with Gasteiger partial charge in [0.1, 0.15) is 6.04 Å². The topological polar surface area (TPSA) is 86.7 Å². The molecule has 1 heterocycles. The zero-order valence-electron chi connectivity index (χ0n) is 10.1. The molecular formula is C11H18N2O4. The van der Waals surface area contributed by atoms with Crippen LogP contribution in [0.1, 0.15) is 26.2 Å². The van der Waals surface area contributed by atoms with Crippen LogP contribution in [-0.4, -0.2) is 47.4 Å². The van der Waals surface area contributed by atoms with Crippen LogP contribution >= 0.6 is 0 Å². The van der Waals surface area contributed by atoms with Gasteiger partial charge in [-0.2, -0.15) is 0 Å². The molecule has 0 aromatic rings. The minimum absolute atomic E-state index is 0.0537. The van der Waals surface area contributed by atoms with Crippen LogP contribution < -0.4 is 5.32 Å². The molecule has 2 amide bonds. The molecule has 1 saturated heterocycles. The highest BCUT2D eigenvalue weighted by Crippen LogP contribution is 2.15. The Morgan fingerprint density at radius 3 is 2.65 bits per heavy atom. The smallest absolute Gasteiger partial charge is 0.326 e. The standard InChI is InChI=1S/C11H18N2O4/c1-3-8(11(16)17)13(2)10(15)7-4-5-9(14)12-6-7/h7-8H,3-6H2,1-2H3,(H,12,14)(H,16,17). The maximum Gasteiger partial charge on any atom is 0.326 e. The second-order valence-electron chi connectivity index (χ2n) is 4.25. The van der Waals surface area contributed by atoms with E-state index in [9.17, 15) is 14.4 Å². The highest BCUT2D eigenvalue weighted by molar-refractivity contribution is 5.87. The second kappa shape index (κ2) is 5.65. The van der Waals surface area contributed by atoms with Crippen molar-refractivity contribution in [1.82, 2.24) is 10.2 Å². The molecule has 2 N–H and O–H groups in total. The van der Waals surface area contributed by atoms with Crippen LogP contribution in [0.15, 0.2) is 0 Å². The van der Waals surface area contributed by atoms with E-state index < -0.39 is 12.0 Å².